The Kier molecular flexibility index (Phi) is 19.7. The van der Waals surface area contributed by atoms with Gasteiger partial charge >= 0.3 is 0 Å². The lowest BCUT2D eigenvalue weighted by molar-refractivity contribution is 0.178. The van der Waals surface area contributed by atoms with Gasteiger partial charge in [-0.3, -0.25) is 0 Å². The summed E-state index contributed by atoms with van der Waals surface area (Å²) in [6.07, 6.45) is 22.2. The van der Waals surface area contributed by atoms with Crippen LogP contribution < -0.4 is 19.6 Å². The zero-order valence-electron chi connectivity index (χ0n) is 68.6. The first kappa shape index (κ1) is 73.6. The summed E-state index contributed by atoms with van der Waals surface area (Å²) in [6, 6.07) is 139. The molecule has 0 atom stereocenters. The van der Waals surface area contributed by atoms with E-state index in [4.69, 9.17) is 0 Å². The number of para-hydroxylation sites is 4. The minimum atomic E-state index is 0.354. The van der Waals surface area contributed by atoms with Crippen molar-refractivity contribution in [2.45, 2.75) is 139 Å². The highest BCUT2D eigenvalue weighted by Crippen LogP contribution is 2.56. The summed E-state index contributed by atoms with van der Waals surface area (Å²) in [5.41, 5.74) is 20.4. The van der Waals surface area contributed by atoms with E-state index in [0.29, 0.717) is 35.5 Å². The molecule has 0 saturated heterocycles. The molecule has 4 saturated carbocycles. The molecule has 0 amide bonds. The van der Waals surface area contributed by atoms with E-state index >= 15 is 0 Å². The van der Waals surface area contributed by atoms with E-state index in [0.717, 1.165) is 0 Å². The van der Waals surface area contributed by atoms with Crippen LogP contribution in [-0.4, -0.2) is 0 Å². The molecule has 0 aromatic heterocycles. The van der Waals surface area contributed by atoms with Gasteiger partial charge in [-0.1, -0.05) is 257 Å². The standard InChI is InChI=1S/C116H102N4/c1-7-31-85(32-8-1)113-105-69-65-103(119(97-59-55-79-27-19-23-35-89(79)71-97)98-60-56-80-28-20-24-36-90(80)72-98)77-111(105)116(112-78-104(66-70-106(112)113)120(99-61-57-81-29-21-25-37-91(81)73-99)100-62-58-82-30-22-26-38-92(82)74-100)88-53-49-84(50-54-88)83-47-51-87(52-48-83)114-107-67-63-101(117(93-39-11-3-12-40-93)94-41-13-4-14-42-94)75-109(107)115(86-33-9-2-10-34-86)110-76-102(64-68-108(110)114)118(95-43-15-5-16-44-95)96-45-17-6-18-46-96/h3-6,11-30,35-46,55-78,83-88H,1-2,7-10,31-34,47-54H2. The largest absolute Gasteiger partial charge is 0.310 e. The number of rotatable bonds is 17. The van der Waals surface area contributed by atoms with Crippen molar-refractivity contribution in [2.24, 2.45) is 11.8 Å². The monoisotopic (exact) mass is 1550 g/mol. The van der Waals surface area contributed by atoms with Crippen molar-refractivity contribution in [3.8, 4) is 0 Å². The number of anilines is 12. The number of fused-ring (bicyclic) bond motifs is 8. The first-order valence-corrected chi connectivity index (χ1v) is 44.9. The van der Waals surface area contributed by atoms with Gasteiger partial charge in [0.05, 0.1) is 0 Å². The highest BCUT2D eigenvalue weighted by atomic mass is 15.2. The molecule has 4 fully saturated rings. The van der Waals surface area contributed by atoms with E-state index in [1.165, 1.54) is 270 Å². The number of benzene rings is 18. The van der Waals surface area contributed by atoms with Gasteiger partial charge in [-0.2, -0.15) is 0 Å². The highest BCUT2D eigenvalue weighted by molar-refractivity contribution is 6.12. The van der Waals surface area contributed by atoms with E-state index < -0.39 is 0 Å². The molecule has 586 valence electrons. The SMILES string of the molecule is c1ccc(N(c2ccccc2)c2ccc3c(C4CCC(C5CCC(c6c7cc(N(c8ccc9ccccc9c8)c8ccc9ccccc9c8)ccc7c(C7CCCCC7)c7ccc(N(c8ccc9ccccc9c8)c8ccc9ccccc9c8)cc67)CC5)CC4)c4ccc(N(c5ccccc5)c5ccccc5)cc4c(C4CCCCC4)c3c2)cc1. The molecule has 0 heterocycles. The third-order valence-corrected chi connectivity index (χ3v) is 28.4. The van der Waals surface area contributed by atoms with Crippen LogP contribution in [-0.2, 0) is 0 Å². The predicted molar refractivity (Wildman–Crippen MR) is 513 cm³/mol. The van der Waals surface area contributed by atoms with Gasteiger partial charge in [-0.15, -0.1) is 0 Å². The molecule has 4 nitrogen and oxygen atoms in total. The lowest BCUT2D eigenvalue weighted by Gasteiger charge is -2.39. The van der Waals surface area contributed by atoms with Crippen LogP contribution in [0.3, 0.4) is 0 Å². The quantitative estimate of drug-likeness (QED) is 0.0843. The molecule has 0 radical (unpaired) electrons. The fourth-order valence-electron chi connectivity index (χ4n) is 22.8. The van der Waals surface area contributed by atoms with Gasteiger partial charge in [0.1, 0.15) is 0 Å². The second kappa shape index (κ2) is 32.2. The van der Waals surface area contributed by atoms with Crippen LogP contribution in [0.15, 0.2) is 364 Å². The van der Waals surface area contributed by atoms with E-state index in [9.17, 15) is 0 Å². The molecule has 18 aromatic rings. The van der Waals surface area contributed by atoms with Gasteiger partial charge in [0, 0.05) is 68.2 Å². The van der Waals surface area contributed by atoms with Crippen molar-refractivity contribution in [2.75, 3.05) is 19.6 Å². The van der Waals surface area contributed by atoms with Crippen LogP contribution in [0.25, 0.3) is 86.2 Å². The van der Waals surface area contributed by atoms with E-state index in [1.807, 2.05) is 0 Å². The molecule has 120 heavy (non-hydrogen) atoms. The Balaban J connectivity index is 0.672. The second-order valence-corrected chi connectivity index (χ2v) is 35.3. The second-order valence-electron chi connectivity index (χ2n) is 35.3. The van der Waals surface area contributed by atoms with Gasteiger partial charge in [-0.25, -0.2) is 0 Å². The molecule has 0 unspecified atom stereocenters. The zero-order chi connectivity index (χ0) is 79.4. The summed E-state index contributed by atoms with van der Waals surface area (Å²) >= 11 is 0. The van der Waals surface area contributed by atoms with Crippen molar-refractivity contribution < 1.29 is 0 Å². The fourth-order valence-corrected chi connectivity index (χ4v) is 22.8. The Hall–Kier alpha value is -12.8. The third-order valence-electron chi connectivity index (χ3n) is 28.4. The molecule has 4 aliphatic carbocycles. The van der Waals surface area contributed by atoms with Gasteiger partial charge in [0.25, 0.3) is 0 Å². The van der Waals surface area contributed by atoms with Crippen molar-refractivity contribution >= 4 is 154 Å². The number of hydrogen-bond donors (Lipinski definition) is 0. The molecule has 0 N–H and O–H groups in total. The molecule has 4 aliphatic rings. The van der Waals surface area contributed by atoms with Crippen LogP contribution in [0.2, 0.25) is 0 Å². The first-order chi connectivity index (χ1) is 59.5. The Bertz CT molecular complexity index is 6200. The smallest absolute Gasteiger partial charge is 0.0468 e. The van der Waals surface area contributed by atoms with Crippen molar-refractivity contribution in [1.82, 2.24) is 0 Å². The minimum Gasteiger partial charge on any atom is -0.310 e. The van der Waals surface area contributed by atoms with Crippen LogP contribution >= 0.6 is 0 Å². The summed E-state index contributed by atoms with van der Waals surface area (Å²) in [5, 5.41) is 21.6. The Morgan fingerprint density at radius 3 is 0.600 bits per heavy atom. The maximum atomic E-state index is 2.67. The summed E-state index contributed by atoms with van der Waals surface area (Å²) in [4.78, 5) is 10.1. The first-order valence-electron chi connectivity index (χ1n) is 44.9. The van der Waals surface area contributed by atoms with Gasteiger partial charge in [0.2, 0.25) is 0 Å². The molecular formula is C116H102N4. The van der Waals surface area contributed by atoms with Crippen molar-refractivity contribution in [1.29, 1.82) is 0 Å². The lowest BCUT2D eigenvalue weighted by atomic mass is 9.66. The molecule has 18 aromatic carbocycles. The zero-order valence-corrected chi connectivity index (χ0v) is 68.6. The summed E-state index contributed by atoms with van der Waals surface area (Å²) in [6.45, 7) is 0. The fraction of sp³-hybridized carbons (Fsp3) is 0.207. The summed E-state index contributed by atoms with van der Waals surface area (Å²) in [7, 11) is 0. The summed E-state index contributed by atoms with van der Waals surface area (Å²) < 4.78 is 0. The van der Waals surface area contributed by atoms with Gasteiger partial charge in [-0.05, 0) is 367 Å². The maximum Gasteiger partial charge on any atom is 0.0468 e. The average molecular weight is 1550 g/mol. The van der Waals surface area contributed by atoms with Crippen LogP contribution in [0.5, 0.6) is 0 Å². The molecule has 0 spiro atoms. The van der Waals surface area contributed by atoms with Gasteiger partial charge < -0.3 is 19.6 Å². The minimum absolute atomic E-state index is 0.354. The Morgan fingerprint density at radius 1 is 0.142 bits per heavy atom. The average Bonchev–Trinajstić information content (AvgIpc) is 0.726. The Labute approximate surface area is 706 Å². The molecule has 4 heteroatoms. The van der Waals surface area contributed by atoms with Gasteiger partial charge in [0.15, 0.2) is 0 Å². The summed E-state index contributed by atoms with van der Waals surface area (Å²) in [5.74, 6) is 3.03. The molecule has 0 aliphatic heterocycles. The van der Waals surface area contributed by atoms with Crippen LogP contribution in [0.1, 0.15) is 162 Å². The molecule has 22 rings (SSSR count). The molecular weight excluding hydrogens is 1450 g/mol. The topological polar surface area (TPSA) is 13.0 Å². The molecule has 0 bridgehead atoms. The van der Waals surface area contributed by atoms with E-state index in [-0.39, 0.29) is 0 Å². The third kappa shape index (κ3) is 13.9. The normalized spacial score (nSPS) is 17.5. The van der Waals surface area contributed by atoms with E-state index in [1.54, 1.807) is 22.3 Å². The lowest BCUT2D eigenvalue weighted by Crippen LogP contribution is -2.25. The maximum absolute atomic E-state index is 2.67. The predicted octanol–water partition coefficient (Wildman–Crippen LogP) is 34.1. The highest BCUT2D eigenvalue weighted by Gasteiger charge is 2.37. The number of hydrogen-bond acceptors (Lipinski definition) is 4. The van der Waals surface area contributed by atoms with Crippen molar-refractivity contribution in [3.63, 3.8) is 0 Å². The van der Waals surface area contributed by atoms with Crippen LogP contribution in [0, 0.1) is 11.8 Å². The van der Waals surface area contributed by atoms with E-state index in [2.05, 4.69) is 384 Å². The number of nitrogens with zero attached hydrogens (tertiary/aromatic N) is 4. The van der Waals surface area contributed by atoms with Crippen molar-refractivity contribution in [3.05, 3.63) is 386 Å². The van der Waals surface area contributed by atoms with Crippen LogP contribution in [0.4, 0.5) is 68.2 Å². The Morgan fingerprint density at radius 2 is 0.342 bits per heavy atom.